The van der Waals surface area contributed by atoms with Crippen molar-refractivity contribution < 1.29 is 4.79 Å². The molecule has 0 spiro atoms. The molecule has 0 saturated carbocycles. The first-order valence-electron chi connectivity index (χ1n) is 13.5. The average Bonchev–Trinajstić information content (AvgIpc) is 3.43. The number of carbonyl (C=O) groups is 1. The number of rotatable bonds is 8. The number of nitrogens with one attached hydrogen (secondary N) is 2. The topological polar surface area (TPSA) is 62.2 Å². The van der Waals surface area contributed by atoms with Gasteiger partial charge in [-0.1, -0.05) is 42.8 Å². The number of amides is 1. The lowest BCUT2D eigenvalue weighted by molar-refractivity contribution is -0.116. The van der Waals surface area contributed by atoms with Crippen LogP contribution < -0.4 is 10.6 Å². The molecule has 39 heavy (non-hydrogen) atoms. The number of anilines is 1. The SMILES string of the molecule is CCc1ccc(-n2c(C)cc([C@H]3[C@@H](c4ccccn4)NC(=S)N3CCC(=O)Nc3ccc(C)cc3)c2C)cc1. The van der Waals surface area contributed by atoms with Crippen LogP contribution in [0.15, 0.2) is 79.0 Å². The van der Waals surface area contributed by atoms with Crippen LogP contribution in [0.1, 0.15) is 59.2 Å². The second-order valence-corrected chi connectivity index (χ2v) is 10.6. The molecule has 0 aliphatic carbocycles. The fraction of sp³-hybridized carbons (Fsp3) is 0.281. The molecule has 4 aromatic rings. The first-order chi connectivity index (χ1) is 18.9. The van der Waals surface area contributed by atoms with Crippen LogP contribution >= 0.6 is 12.2 Å². The van der Waals surface area contributed by atoms with Gasteiger partial charge in [0.2, 0.25) is 5.91 Å². The van der Waals surface area contributed by atoms with E-state index in [4.69, 9.17) is 12.2 Å². The number of aromatic nitrogens is 2. The third kappa shape index (κ3) is 5.59. The molecular weight excluding hydrogens is 502 g/mol. The molecule has 2 atom stereocenters. The van der Waals surface area contributed by atoms with Crippen molar-refractivity contribution in [1.29, 1.82) is 0 Å². The molecule has 6 nitrogen and oxygen atoms in total. The molecule has 200 valence electrons. The minimum Gasteiger partial charge on any atom is -0.352 e. The number of hydrogen-bond acceptors (Lipinski definition) is 3. The van der Waals surface area contributed by atoms with E-state index in [1.54, 1.807) is 0 Å². The normalized spacial score (nSPS) is 16.8. The Hall–Kier alpha value is -3.97. The standard InChI is InChI=1S/C32H35N5OS/c1-5-24-11-15-26(16-12-24)37-22(3)20-27(23(37)4)31-30(28-8-6-7-18-33-28)35-32(39)36(31)19-17-29(38)34-25-13-9-21(2)10-14-25/h6-16,18,20,30-31H,5,17,19H2,1-4H3,(H,34,38)(H,35,39)/t30-,31+/m1/s1. The summed E-state index contributed by atoms with van der Waals surface area (Å²) in [4.78, 5) is 19.7. The summed E-state index contributed by atoms with van der Waals surface area (Å²) in [6.07, 6.45) is 3.14. The van der Waals surface area contributed by atoms with Gasteiger partial charge < -0.3 is 20.1 Å². The number of hydrogen-bond donors (Lipinski definition) is 2. The Morgan fingerprint density at radius 3 is 2.44 bits per heavy atom. The van der Waals surface area contributed by atoms with E-state index in [0.29, 0.717) is 18.1 Å². The zero-order chi connectivity index (χ0) is 27.5. The van der Waals surface area contributed by atoms with Gasteiger partial charge in [-0.15, -0.1) is 0 Å². The molecule has 3 heterocycles. The molecule has 1 aliphatic heterocycles. The fourth-order valence-corrected chi connectivity index (χ4v) is 5.76. The maximum Gasteiger partial charge on any atom is 0.226 e. The first kappa shape index (κ1) is 26.6. The lowest BCUT2D eigenvalue weighted by atomic mass is 9.96. The Bertz CT molecular complexity index is 1460. The highest BCUT2D eigenvalue weighted by atomic mass is 32.1. The smallest absolute Gasteiger partial charge is 0.226 e. The number of benzene rings is 2. The summed E-state index contributed by atoms with van der Waals surface area (Å²) in [7, 11) is 0. The minimum absolute atomic E-state index is 0.0387. The van der Waals surface area contributed by atoms with E-state index in [2.05, 4.69) is 76.2 Å². The van der Waals surface area contributed by atoms with Gasteiger partial charge >= 0.3 is 0 Å². The van der Waals surface area contributed by atoms with E-state index < -0.39 is 0 Å². The summed E-state index contributed by atoms with van der Waals surface area (Å²) < 4.78 is 2.30. The van der Waals surface area contributed by atoms with Crippen LogP contribution in [0.25, 0.3) is 5.69 Å². The van der Waals surface area contributed by atoms with Gasteiger partial charge in [-0.3, -0.25) is 9.78 Å². The van der Waals surface area contributed by atoms with Crippen molar-refractivity contribution in [3.8, 4) is 5.69 Å². The van der Waals surface area contributed by atoms with Gasteiger partial charge in [0.1, 0.15) is 0 Å². The first-order valence-corrected chi connectivity index (χ1v) is 13.9. The van der Waals surface area contributed by atoms with Crippen LogP contribution in [0.5, 0.6) is 0 Å². The van der Waals surface area contributed by atoms with E-state index in [1.165, 1.54) is 11.1 Å². The molecule has 1 aliphatic rings. The number of pyridine rings is 1. The molecule has 2 aromatic heterocycles. The van der Waals surface area contributed by atoms with Crippen molar-refractivity contribution >= 4 is 28.9 Å². The Balaban J connectivity index is 1.45. The Morgan fingerprint density at radius 1 is 1.03 bits per heavy atom. The van der Waals surface area contributed by atoms with Crippen LogP contribution in [0, 0.1) is 20.8 Å². The zero-order valence-electron chi connectivity index (χ0n) is 22.9. The summed E-state index contributed by atoms with van der Waals surface area (Å²) in [6.45, 7) is 8.99. The number of nitrogens with zero attached hydrogens (tertiary/aromatic N) is 3. The van der Waals surface area contributed by atoms with Gasteiger partial charge in [-0.25, -0.2) is 0 Å². The van der Waals surface area contributed by atoms with Gasteiger partial charge in [0, 0.05) is 41.9 Å². The van der Waals surface area contributed by atoms with Crippen molar-refractivity contribution in [2.45, 2.75) is 52.6 Å². The van der Waals surface area contributed by atoms with Gasteiger partial charge in [-0.05, 0) is 93.0 Å². The van der Waals surface area contributed by atoms with Gasteiger partial charge in [0.25, 0.3) is 0 Å². The summed E-state index contributed by atoms with van der Waals surface area (Å²) in [5.41, 5.74) is 8.82. The van der Waals surface area contributed by atoms with E-state index >= 15 is 0 Å². The zero-order valence-corrected chi connectivity index (χ0v) is 23.8. The maximum absolute atomic E-state index is 12.9. The summed E-state index contributed by atoms with van der Waals surface area (Å²) in [6, 6.07) is 24.6. The molecule has 2 N–H and O–H groups in total. The maximum atomic E-state index is 12.9. The van der Waals surface area contributed by atoms with Gasteiger partial charge in [-0.2, -0.15) is 0 Å². The lowest BCUT2D eigenvalue weighted by Gasteiger charge is -2.28. The van der Waals surface area contributed by atoms with Gasteiger partial charge in [0.15, 0.2) is 5.11 Å². The van der Waals surface area contributed by atoms with Crippen LogP contribution in [-0.2, 0) is 11.2 Å². The van der Waals surface area contributed by atoms with Crippen LogP contribution in [0.3, 0.4) is 0 Å². The molecule has 5 rings (SSSR count). The highest BCUT2D eigenvalue weighted by Crippen LogP contribution is 2.41. The monoisotopic (exact) mass is 537 g/mol. The third-order valence-corrected chi connectivity index (χ3v) is 7.86. The summed E-state index contributed by atoms with van der Waals surface area (Å²) >= 11 is 5.84. The molecule has 1 saturated heterocycles. The van der Waals surface area contributed by atoms with Crippen molar-refractivity contribution in [1.82, 2.24) is 19.8 Å². The quantitative estimate of drug-likeness (QED) is 0.256. The van der Waals surface area contributed by atoms with Gasteiger partial charge in [0.05, 0.1) is 17.8 Å². The van der Waals surface area contributed by atoms with E-state index in [1.807, 2.05) is 55.6 Å². The third-order valence-electron chi connectivity index (χ3n) is 7.50. The predicted octanol–water partition coefficient (Wildman–Crippen LogP) is 6.36. The predicted molar refractivity (Wildman–Crippen MR) is 161 cm³/mol. The Morgan fingerprint density at radius 2 is 1.77 bits per heavy atom. The van der Waals surface area contributed by atoms with E-state index in [-0.39, 0.29) is 18.0 Å². The summed E-state index contributed by atoms with van der Waals surface area (Å²) in [5, 5.41) is 7.16. The minimum atomic E-state index is -0.129. The number of carbonyl (C=O) groups excluding carboxylic acids is 1. The molecule has 0 bridgehead atoms. The lowest BCUT2D eigenvalue weighted by Crippen LogP contribution is -2.32. The van der Waals surface area contributed by atoms with E-state index in [0.717, 1.165) is 40.4 Å². The highest BCUT2D eigenvalue weighted by Gasteiger charge is 2.41. The van der Waals surface area contributed by atoms with Crippen molar-refractivity contribution in [2.24, 2.45) is 0 Å². The molecule has 7 heteroatoms. The second-order valence-electron chi connectivity index (χ2n) is 10.2. The Labute approximate surface area is 236 Å². The van der Waals surface area contributed by atoms with Crippen molar-refractivity contribution in [2.75, 3.05) is 11.9 Å². The van der Waals surface area contributed by atoms with Crippen molar-refractivity contribution in [3.05, 3.63) is 113 Å². The summed E-state index contributed by atoms with van der Waals surface area (Å²) in [5.74, 6) is -0.0387. The fourth-order valence-electron chi connectivity index (χ4n) is 5.43. The highest BCUT2D eigenvalue weighted by molar-refractivity contribution is 7.80. The molecule has 2 aromatic carbocycles. The molecule has 1 amide bonds. The van der Waals surface area contributed by atoms with E-state index in [9.17, 15) is 4.79 Å². The molecule has 0 radical (unpaired) electrons. The average molecular weight is 538 g/mol. The van der Waals surface area contributed by atoms with Crippen LogP contribution in [-0.4, -0.2) is 32.0 Å². The van der Waals surface area contributed by atoms with Crippen molar-refractivity contribution in [3.63, 3.8) is 0 Å². The second kappa shape index (κ2) is 11.4. The Kier molecular flexibility index (Phi) is 7.79. The van der Waals surface area contributed by atoms with Crippen LogP contribution in [0.2, 0.25) is 0 Å². The van der Waals surface area contributed by atoms with Crippen LogP contribution in [0.4, 0.5) is 5.69 Å². The largest absolute Gasteiger partial charge is 0.352 e. The molecule has 0 unspecified atom stereocenters. The number of aryl methyl sites for hydroxylation is 3. The molecule has 1 fully saturated rings. The molecular formula is C32H35N5OS. The number of thiocarbonyl (C=S) groups is 1.